The first-order valence-corrected chi connectivity index (χ1v) is 9.73. The van der Waals surface area contributed by atoms with Crippen LogP contribution in [0.5, 0.6) is 0 Å². The van der Waals surface area contributed by atoms with E-state index in [1.165, 1.54) is 9.46 Å². The van der Waals surface area contributed by atoms with Crippen molar-refractivity contribution in [3.05, 3.63) is 77.0 Å². The molecule has 0 fully saturated rings. The zero-order valence-electron chi connectivity index (χ0n) is 15.1. The molecule has 27 heavy (non-hydrogen) atoms. The Labute approximate surface area is 162 Å². The molecule has 7 heteroatoms. The molecule has 0 aliphatic carbocycles. The van der Waals surface area contributed by atoms with Crippen molar-refractivity contribution in [2.75, 3.05) is 17.6 Å². The highest BCUT2D eigenvalue weighted by Crippen LogP contribution is 2.20. The van der Waals surface area contributed by atoms with Gasteiger partial charge in [-0.25, -0.2) is 9.59 Å². The number of anilines is 1. The molecule has 0 spiro atoms. The average Bonchev–Trinajstić information content (AvgIpc) is 3.01. The van der Waals surface area contributed by atoms with Gasteiger partial charge < -0.3 is 15.6 Å². The molecule has 0 saturated carbocycles. The van der Waals surface area contributed by atoms with E-state index in [9.17, 15) is 9.59 Å². The van der Waals surface area contributed by atoms with Crippen LogP contribution >= 0.6 is 11.8 Å². The number of imidazole rings is 1. The van der Waals surface area contributed by atoms with E-state index >= 15 is 0 Å². The summed E-state index contributed by atoms with van der Waals surface area (Å²) >= 11 is 1.77. The quantitative estimate of drug-likeness (QED) is 0.430. The molecular formula is C20H22N4O2S. The lowest BCUT2D eigenvalue weighted by atomic mass is 10.2. The van der Waals surface area contributed by atoms with Crippen LogP contribution in [0.3, 0.4) is 0 Å². The summed E-state index contributed by atoms with van der Waals surface area (Å²) in [7, 11) is 0. The molecule has 0 aliphatic heterocycles. The monoisotopic (exact) mass is 382 g/mol. The van der Waals surface area contributed by atoms with Gasteiger partial charge in [0.15, 0.2) is 0 Å². The Bertz CT molecular complexity index is 950. The highest BCUT2D eigenvalue weighted by atomic mass is 32.2. The average molecular weight is 382 g/mol. The number of para-hydroxylation sites is 2. The Hall–Kier alpha value is -2.93. The zero-order chi connectivity index (χ0) is 19.1. The van der Waals surface area contributed by atoms with E-state index in [1.807, 2.05) is 37.3 Å². The second kappa shape index (κ2) is 9.14. The first-order valence-electron chi connectivity index (χ1n) is 8.74. The Morgan fingerprint density at radius 2 is 1.85 bits per heavy atom. The van der Waals surface area contributed by atoms with Crippen molar-refractivity contribution in [2.24, 2.45) is 0 Å². The maximum Gasteiger partial charge on any atom is 0.330 e. The number of nitrogens with one attached hydrogen (secondary N) is 3. The largest absolute Gasteiger partial charge is 0.338 e. The molecule has 6 nitrogen and oxygen atoms in total. The minimum atomic E-state index is -0.284. The van der Waals surface area contributed by atoms with Gasteiger partial charge in [-0.3, -0.25) is 4.57 Å². The molecule has 0 bridgehead atoms. The van der Waals surface area contributed by atoms with Crippen molar-refractivity contribution >= 4 is 23.5 Å². The van der Waals surface area contributed by atoms with Crippen molar-refractivity contribution < 1.29 is 4.79 Å². The number of aryl methyl sites for hydroxylation is 1. The summed E-state index contributed by atoms with van der Waals surface area (Å²) in [5, 5.41) is 5.69. The Morgan fingerprint density at radius 3 is 2.59 bits per heavy atom. The number of carbonyl (C=O) groups is 1. The van der Waals surface area contributed by atoms with Crippen LogP contribution in [0.4, 0.5) is 10.5 Å². The molecule has 2 aromatic carbocycles. The third-order valence-electron chi connectivity index (χ3n) is 3.97. The van der Waals surface area contributed by atoms with Crippen LogP contribution in [-0.4, -0.2) is 27.9 Å². The number of benzene rings is 2. The Kier molecular flexibility index (Phi) is 6.38. The summed E-state index contributed by atoms with van der Waals surface area (Å²) in [5.41, 5.74) is 1.75. The van der Waals surface area contributed by atoms with Crippen molar-refractivity contribution in [1.29, 1.82) is 0 Å². The molecule has 0 aliphatic rings. The molecule has 0 radical (unpaired) electrons. The summed E-state index contributed by atoms with van der Waals surface area (Å²) in [6.07, 6.45) is 2.51. The van der Waals surface area contributed by atoms with Gasteiger partial charge in [0.25, 0.3) is 0 Å². The van der Waals surface area contributed by atoms with Gasteiger partial charge >= 0.3 is 11.7 Å². The van der Waals surface area contributed by atoms with Crippen molar-refractivity contribution in [1.82, 2.24) is 14.9 Å². The number of aromatic amines is 1. The normalized spacial score (nSPS) is 10.6. The summed E-state index contributed by atoms with van der Waals surface area (Å²) in [6.45, 7) is 2.41. The number of aromatic nitrogens is 2. The van der Waals surface area contributed by atoms with Crippen LogP contribution in [0.15, 0.2) is 70.5 Å². The van der Waals surface area contributed by atoms with E-state index in [0.29, 0.717) is 17.9 Å². The van der Waals surface area contributed by atoms with Gasteiger partial charge in [0.05, 0.1) is 11.4 Å². The van der Waals surface area contributed by atoms with E-state index < -0.39 is 0 Å². The van der Waals surface area contributed by atoms with Crippen LogP contribution < -0.4 is 16.3 Å². The second-order valence-corrected chi connectivity index (χ2v) is 7.15. The fraction of sp³-hybridized carbons (Fsp3) is 0.200. The molecule has 140 valence electrons. The lowest BCUT2D eigenvalue weighted by molar-refractivity contribution is 0.252. The van der Waals surface area contributed by atoms with E-state index in [4.69, 9.17) is 0 Å². The van der Waals surface area contributed by atoms with Crippen molar-refractivity contribution in [2.45, 2.75) is 18.2 Å². The molecule has 1 aromatic heterocycles. The molecule has 3 aromatic rings. The third-order valence-corrected chi connectivity index (χ3v) is 5.07. The predicted molar refractivity (Wildman–Crippen MR) is 110 cm³/mol. The minimum absolute atomic E-state index is 0.236. The summed E-state index contributed by atoms with van der Waals surface area (Å²) in [6, 6.07) is 17.1. The van der Waals surface area contributed by atoms with E-state index in [0.717, 1.165) is 17.9 Å². The van der Waals surface area contributed by atoms with Gasteiger partial charge in [-0.15, -0.1) is 11.8 Å². The Morgan fingerprint density at radius 1 is 1.11 bits per heavy atom. The SMILES string of the molecule is Cc1c[nH]c(=O)n1-c1ccccc1NC(=O)NCCCSc1ccccc1. The van der Waals surface area contributed by atoms with Crippen LogP contribution in [0.1, 0.15) is 12.1 Å². The predicted octanol–water partition coefficient (Wildman–Crippen LogP) is 3.78. The standard InChI is InChI=1S/C20H22N4O2S/c1-15-14-22-20(26)24(15)18-11-6-5-10-17(18)23-19(25)21-12-7-13-27-16-8-3-2-4-9-16/h2-6,8-11,14H,7,12-13H2,1H3,(H,22,26)(H2,21,23,25). The number of H-pyrrole nitrogens is 1. The summed E-state index contributed by atoms with van der Waals surface area (Å²) in [5.74, 6) is 0.929. The highest BCUT2D eigenvalue weighted by Gasteiger charge is 2.11. The van der Waals surface area contributed by atoms with Crippen LogP contribution in [0.2, 0.25) is 0 Å². The zero-order valence-corrected chi connectivity index (χ0v) is 15.9. The maximum absolute atomic E-state index is 12.2. The van der Waals surface area contributed by atoms with Gasteiger partial charge in [0.1, 0.15) is 0 Å². The second-order valence-electron chi connectivity index (χ2n) is 5.98. The van der Waals surface area contributed by atoms with E-state index in [2.05, 4.69) is 27.8 Å². The maximum atomic E-state index is 12.2. The molecular weight excluding hydrogens is 360 g/mol. The first-order chi connectivity index (χ1) is 13.1. The number of urea groups is 1. The van der Waals surface area contributed by atoms with Crippen LogP contribution in [0.25, 0.3) is 5.69 Å². The highest BCUT2D eigenvalue weighted by molar-refractivity contribution is 7.99. The summed E-state index contributed by atoms with van der Waals surface area (Å²) < 4.78 is 1.53. The van der Waals surface area contributed by atoms with Crippen LogP contribution in [0, 0.1) is 6.92 Å². The number of hydrogen-bond donors (Lipinski definition) is 3. The number of rotatable bonds is 7. The minimum Gasteiger partial charge on any atom is -0.338 e. The molecule has 3 N–H and O–H groups in total. The molecule has 0 unspecified atom stereocenters. The summed E-state index contributed by atoms with van der Waals surface area (Å²) in [4.78, 5) is 28.1. The fourth-order valence-electron chi connectivity index (χ4n) is 2.68. The number of amides is 2. The Balaban J connectivity index is 1.52. The lowest BCUT2D eigenvalue weighted by Gasteiger charge is -2.13. The number of hydrogen-bond acceptors (Lipinski definition) is 3. The van der Waals surface area contributed by atoms with E-state index in [1.54, 1.807) is 30.1 Å². The number of nitrogens with zero attached hydrogens (tertiary/aromatic N) is 1. The van der Waals surface area contributed by atoms with Gasteiger partial charge in [0, 0.05) is 23.3 Å². The van der Waals surface area contributed by atoms with Gasteiger partial charge in [-0.1, -0.05) is 30.3 Å². The first kappa shape index (κ1) is 18.8. The molecule has 2 amide bonds. The molecule has 1 heterocycles. The van der Waals surface area contributed by atoms with Crippen molar-refractivity contribution in [3.63, 3.8) is 0 Å². The van der Waals surface area contributed by atoms with Crippen molar-refractivity contribution in [3.8, 4) is 5.69 Å². The number of carbonyl (C=O) groups excluding carboxylic acids is 1. The van der Waals surface area contributed by atoms with Gasteiger partial charge in [-0.2, -0.15) is 0 Å². The molecule has 0 saturated heterocycles. The molecule has 3 rings (SSSR count). The molecule has 0 atom stereocenters. The van der Waals surface area contributed by atoms with Gasteiger partial charge in [0.2, 0.25) is 0 Å². The smallest absolute Gasteiger partial charge is 0.330 e. The lowest BCUT2D eigenvalue weighted by Crippen LogP contribution is -2.30. The number of thioether (sulfide) groups is 1. The van der Waals surface area contributed by atoms with E-state index in [-0.39, 0.29) is 11.7 Å². The van der Waals surface area contributed by atoms with Crippen LogP contribution in [-0.2, 0) is 0 Å². The third kappa shape index (κ3) is 5.04. The topological polar surface area (TPSA) is 78.9 Å². The van der Waals surface area contributed by atoms with Gasteiger partial charge in [-0.05, 0) is 43.4 Å². The fourth-order valence-corrected chi connectivity index (χ4v) is 3.55.